The predicted octanol–water partition coefficient (Wildman–Crippen LogP) is -0.464. The van der Waals surface area contributed by atoms with E-state index in [0.717, 1.165) is 4.90 Å². The molecule has 4 aliphatic heterocycles. The first-order valence-electron chi connectivity index (χ1n) is 12.0. The zero-order valence-corrected chi connectivity index (χ0v) is 20.3. The Kier molecular flexibility index (Phi) is 5.38. The Morgan fingerprint density at radius 2 is 1.95 bits per heavy atom. The predicted molar refractivity (Wildman–Crippen MR) is 124 cm³/mol. The third-order valence-electron chi connectivity index (χ3n) is 7.71. The fourth-order valence-electron chi connectivity index (χ4n) is 6.19. The molecule has 6 rings (SSSR count). The van der Waals surface area contributed by atoms with Crippen LogP contribution in [0.1, 0.15) is 19.4 Å². The number of aliphatic hydroxyl groups excluding tert-OH is 2. The highest BCUT2D eigenvalue weighted by Gasteiger charge is 2.63. The van der Waals surface area contributed by atoms with Crippen molar-refractivity contribution in [3.8, 4) is 0 Å². The van der Waals surface area contributed by atoms with E-state index in [4.69, 9.17) is 14.0 Å². The average molecular weight is 533 g/mol. The average Bonchev–Trinajstić information content (AvgIpc) is 3.44. The maximum Gasteiger partial charge on any atom is 0.416 e. The topological polar surface area (TPSA) is 184 Å². The highest BCUT2D eigenvalue weighted by molar-refractivity contribution is 6.20. The number of carbonyl (C=O) groups excluding carboxylic acids is 4. The number of carbonyl (C=O) groups is 4. The Bertz CT molecular complexity index is 1370. The molecule has 4 aliphatic rings. The van der Waals surface area contributed by atoms with Gasteiger partial charge in [0.1, 0.15) is 18.8 Å². The number of halogens is 1. The zero-order valence-electron chi connectivity index (χ0n) is 20.3. The molecular weight excluding hydrogens is 509 g/mol. The number of urea groups is 1. The van der Waals surface area contributed by atoms with Crippen LogP contribution < -0.4 is 20.4 Å². The number of aromatic nitrogens is 1. The van der Waals surface area contributed by atoms with Gasteiger partial charge in [0.05, 0.1) is 35.9 Å². The number of barbiturate groups is 1. The van der Waals surface area contributed by atoms with E-state index in [0.29, 0.717) is 0 Å². The number of hydrogen-bond acceptors (Lipinski definition) is 11. The van der Waals surface area contributed by atoms with Crippen molar-refractivity contribution in [2.45, 2.75) is 50.7 Å². The van der Waals surface area contributed by atoms with E-state index in [1.807, 2.05) is 0 Å². The van der Waals surface area contributed by atoms with Crippen LogP contribution in [-0.2, 0) is 25.5 Å². The Labute approximate surface area is 213 Å². The van der Waals surface area contributed by atoms with Gasteiger partial charge in [-0.05, 0) is 25.5 Å². The molecule has 5 amide bonds. The Balaban J connectivity index is 1.55. The van der Waals surface area contributed by atoms with Gasteiger partial charge in [-0.2, -0.15) is 0 Å². The lowest BCUT2D eigenvalue weighted by molar-refractivity contribution is -0.153. The second-order valence-electron chi connectivity index (χ2n) is 9.98. The van der Waals surface area contributed by atoms with Gasteiger partial charge >= 0.3 is 12.1 Å². The second kappa shape index (κ2) is 8.34. The normalized spacial score (nSPS) is 29.2. The number of rotatable bonds is 3. The molecule has 2 aromatic rings. The van der Waals surface area contributed by atoms with Crippen LogP contribution in [0.15, 0.2) is 10.6 Å². The molecular formula is C23H24FN5O9. The third-order valence-corrected chi connectivity index (χ3v) is 7.71. The van der Waals surface area contributed by atoms with Crippen molar-refractivity contribution in [2.75, 3.05) is 29.6 Å². The van der Waals surface area contributed by atoms with Crippen LogP contribution >= 0.6 is 0 Å². The summed E-state index contributed by atoms with van der Waals surface area (Å²) >= 11 is 0. The summed E-state index contributed by atoms with van der Waals surface area (Å²) in [6.07, 6.45) is -3.63. The number of cyclic esters (lactones) is 1. The molecule has 1 aromatic carbocycles. The van der Waals surface area contributed by atoms with Crippen LogP contribution in [0, 0.1) is 11.2 Å². The Morgan fingerprint density at radius 1 is 1.24 bits per heavy atom. The molecule has 3 saturated heterocycles. The first-order valence-corrected chi connectivity index (χ1v) is 12.0. The van der Waals surface area contributed by atoms with E-state index in [1.165, 1.54) is 6.07 Å². The summed E-state index contributed by atoms with van der Waals surface area (Å²) < 4.78 is 32.5. The zero-order chi connectivity index (χ0) is 27.1. The summed E-state index contributed by atoms with van der Waals surface area (Å²) in [7, 11) is 0. The fraction of sp³-hybridized carbons (Fsp3) is 0.522. The van der Waals surface area contributed by atoms with Gasteiger partial charge < -0.3 is 29.1 Å². The molecule has 14 nitrogen and oxygen atoms in total. The van der Waals surface area contributed by atoms with Crippen molar-refractivity contribution in [1.29, 1.82) is 0 Å². The number of ether oxygens (including phenoxy) is 2. The van der Waals surface area contributed by atoms with Crippen molar-refractivity contribution in [2.24, 2.45) is 5.41 Å². The molecule has 4 N–H and O–H groups in total. The molecule has 0 aliphatic carbocycles. The van der Waals surface area contributed by atoms with E-state index in [2.05, 4.69) is 15.8 Å². The number of anilines is 2. The van der Waals surface area contributed by atoms with Crippen molar-refractivity contribution < 1.29 is 47.8 Å². The van der Waals surface area contributed by atoms with Crippen molar-refractivity contribution in [3.05, 3.63) is 17.4 Å². The van der Waals surface area contributed by atoms with Crippen LogP contribution in [0.5, 0.6) is 0 Å². The molecule has 0 saturated carbocycles. The van der Waals surface area contributed by atoms with Gasteiger partial charge in [-0.15, -0.1) is 0 Å². The van der Waals surface area contributed by atoms with Crippen LogP contribution in [0.3, 0.4) is 0 Å². The van der Waals surface area contributed by atoms with Crippen molar-refractivity contribution >= 4 is 46.4 Å². The number of nitrogens with one attached hydrogen (secondary N) is 2. The van der Waals surface area contributed by atoms with E-state index in [-0.39, 0.29) is 53.7 Å². The van der Waals surface area contributed by atoms with Gasteiger partial charge in [0.2, 0.25) is 17.4 Å². The summed E-state index contributed by atoms with van der Waals surface area (Å²) in [5.74, 6) is -2.65. The lowest BCUT2D eigenvalue weighted by Crippen LogP contribution is -2.75. The molecule has 3 fully saturated rings. The number of fused-ring (bicyclic) bond motifs is 5. The smallest absolute Gasteiger partial charge is 0.416 e. The summed E-state index contributed by atoms with van der Waals surface area (Å²) in [6.45, 7) is 2.66. The van der Waals surface area contributed by atoms with E-state index in [1.54, 1.807) is 18.7 Å². The largest absolute Gasteiger partial charge is 0.447 e. The summed E-state index contributed by atoms with van der Waals surface area (Å²) in [6, 6.07) is -1.46. The molecule has 0 radical (unpaired) electrons. The minimum atomic E-state index is -1.83. The first-order chi connectivity index (χ1) is 18.1. The van der Waals surface area contributed by atoms with Crippen LogP contribution in [0.25, 0.3) is 11.0 Å². The van der Waals surface area contributed by atoms with Gasteiger partial charge in [0.15, 0.2) is 17.1 Å². The quantitative estimate of drug-likeness (QED) is 0.374. The molecule has 5 heterocycles. The standard InChI is InChI=1S/C23H24FN5O9/c1-8-5-28-15-10(4-23(17(28)9(2)37-8)19(32)25-21(34)26-20(23)33)3-11-16(14(15)24)38-27-18(11)29-12(13(31)6-30)7-36-22(29)35/h3,8-9,12-13,17,30-31H,4-7H2,1-2H3,(H2,25,26,32,33,34)/t8-,9+,12-,13-,17?/m1/s1. The first kappa shape index (κ1) is 24.5. The number of aliphatic hydroxyl groups is 2. The number of amides is 5. The molecule has 202 valence electrons. The number of benzene rings is 1. The molecule has 5 atom stereocenters. The summed E-state index contributed by atoms with van der Waals surface area (Å²) in [5, 5.41) is 27.8. The number of hydrogen-bond donors (Lipinski definition) is 4. The number of nitrogens with zero attached hydrogens (tertiary/aromatic N) is 3. The molecule has 15 heteroatoms. The fourth-order valence-corrected chi connectivity index (χ4v) is 6.19. The maximum atomic E-state index is 16.2. The van der Waals surface area contributed by atoms with Gasteiger partial charge in [-0.1, -0.05) is 5.16 Å². The van der Waals surface area contributed by atoms with Crippen LogP contribution in [0.4, 0.5) is 25.5 Å². The van der Waals surface area contributed by atoms with Crippen molar-refractivity contribution in [1.82, 2.24) is 15.8 Å². The van der Waals surface area contributed by atoms with Gasteiger partial charge in [-0.3, -0.25) is 20.2 Å². The molecule has 1 aromatic heterocycles. The minimum absolute atomic E-state index is 0.0332. The van der Waals surface area contributed by atoms with Gasteiger partial charge in [0, 0.05) is 13.0 Å². The lowest BCUT2D eigenvalue weighted by Gasteiger charge is -2.55. The van der Waals surface area contributed by atoms with Crippen LogP contribution in [0.2, 0.25) is 0 Å². The number of morpholine rings is 1. The minimum Gasteiger partial charge on any atom is -0.447 e. The van der Waals surface area contributed by atoms with Gasteiger partial charge in [-0.25, -0.2) is 18.9 Å². The van der Waals surface area contributed by atoms with E-state index < -0.39 is 66.1 Å². The van der Waals surface area contributed by atoms with Crippen molar-refractivity contribution in [3.63, 3.8) is 0 Å². The summed E-state index contributed by atoms with van der Waals surface area (Å²) in [4.78, 5) is 53.6. The third kappa shape index (κ3) is 3.18. The van der Waals surface area contributed by atoms with Crippen LogP contribution in [-0.4, -0.2) is 89.5 Å². The summed E-state index contributed by atoms with van der Waals surface area (Å²) in [5.41, 5.74) is -1.79. The lowest BCUT2D eigenvalue weighted by atomic mass is 9.66. The maximum absolute atomic E-state index is 16.2. The molecule has 0 bridgehead atoms. The Morgan fingerprint density at radius 3 is 2.63 bits per heavy atom. The SMILES string of the molecule is C[C@@H]1CN2c3c(cc4c(N5C(=O)OC[C@@H]5[C@H](O)CO)noc4c3F)CC3(C(=O)NC(=O)NC3=O)C2[C@H](C)O1. The monoisotopic (exact) mass is 533 g/mol. The molecule has 1 spiro atoms. The van der Waals surface area contributed by atoms with E-state index in [9.17, 15) is 29.4 Å². The molecule has 1 unspecified atom stereocenters. The Hall–Kier alpha value is -3.82. The second-order valence-corrected chi connectivity index (χ2v) is 9.98. The molecule has 38 heavy (non-hydrogen) atoms. The van der Waals surface area contributed by atoms with Gasteiger partial charge in [0.25, 0.3) is 0 Å². The van der Waals surface area contributed by atoms with E-state index >= 15 is 4.39 Å². The highest BCUT2D eigenvalue weighted by Crippen LogP contribution is 2.50. The highest BCUT2D eigenvalue weighted by atomic mass is 19.1. The number of imide groups is 2.